The molecule has 0 radical (unpaired) electrons. The molecule has 0 heterocycles. The second-order valence-corrected chi connectivity index (χ2v) is 22.4. The molecule has 0 aliphatic rings. The lowest BCUT2D eigenvalue weighted by Gasteiger charge is -2.35. The van der Waals surface area contributed by atoms with E-state index in [4.69, 9.17) is 0 Å². The Balaban J connectivity index is 2.06. The van der Waals surface area contributed by atoms with Crippen molar-refractivity contribution in [3.8, 4) is 0 Å². The predicted octanol–water partition coefficient (Wildman–Crippen LogP) is 20.7. The molecule has 7 aromatic carbocycles. The highest BCUT2D eigenvalue weighted by molar-refractivity contribution is 6.23. The van der Waals surface area contributed by atoms with Crippen molar-refractivity contribution in [1.29, 1.82) is 0 Å². The Bertz CT molecular complexity index is 3530. The Morgan fingerprint density at radius 2 is 0.706 bits per heavy atom. The molecule has 2 nitrogen and oxygen atoms in total. The van der Waals surface area contributed by atoms with E-state index in [0.717, 1.165) is 9.80 Å². The van der Waals surface area contributed by atoms with Crippen molar-refractivity contribution in [1.82, 2.24) is 0 Å². The SMILES string of the molecule is [2H]c1cc(C(C)(C)C)cc([2H])c1N(c1c([2H])c([2H])c(C(C)C)c([2H])c1[2H])c1c2c([2H])c([2H])c(C(C)(C)CCCC)c([2H])c2c(N(c2c([2H])cc(C(C)(C)C)cc2[2H])c2c([2H])c([2H])c(C(C)C)c([2H])c2[2H])c2c([2H])c([2H])c(C(C)(C)CCCC)c([2H])c12. The van der Waals surface area contributed by atoms with Crippen LogP contribution in [-0.4, -0.2) is 0 Å². The second-order valence-electron chi connectivity index (χ2n) is 22.4. The number of rotatable bonds is 16. The van der Waals surface area contributed by atoms with E-state index in [0.29, 0.717) is 49.7 Å². The lowest BCUT2D eigenvalue weighted by molar-refractivity contribution is 0.458. The summed E-state index contributed by atoms with van der Waals surface area (Å²) in [5, 5.41) is -1.48. The van der Waals surface area contributed by atoms with Crippen LogP contribution in [0.2, 0.25) is 0 Å². The van der Waals surface area contributed by atoms with Gasteiger partial charge in [0, 0.05) is 44.3 Å². The molecular formula is C66H84N2. The van der Waals surface area contributed by atoms with Crippen LogP contribution in [0.25, 0.3) is 21.5 Å². The van der Waals surface area contributed by atoms with Crippen LogP contribution in [0.3, 0.4) is 0 Å². The summed E-state index contributed by atoms with van der Waals surface area (Å²) >= 11 is 0. The summed E-state index contributed by atoms with van der Waals surface area (Å²) in [4.78, 5) is 2.28. The monoisotopic (exact) mass is 923 g/mol. The summed E-state index contributed by atoms with van der Waals surface area (Å²) in [5.74, 6) is -1.09. The van der Waals surface area contributed by atoms with Crippen molar-refractivity contribution in [3.05, 3.63) is 166 Å². The highest BCUT2D eigenvalue weighted by Gasteiger charge is 2.30. The topological polar surface area (TPSA) is 6.48 Å². The molecule has 0 saturated heterocycles. The summed E-state index contributed by atoms with van der Waals surface area (Å²) < 4.78 is 182. The van der Waals surface area contributed by atoms with Crippen molar-refractivity contribution in [2.75, 3.05) is 9.80 Å². The number of benzene rings is 7. The van der Waals surface area contributed by atoms with E-state index >= 15 is 0 Å². The zero-order valence-electron chi connectivity index (χ0n) is 61.6. The lowest BCUT2D eigenvalue weighted by Crippen LogP contribution is -2.19. The maximum absolute atomic E-state index is 10.9. The number of anilines is 6. The number of nitrogens with zero attached hydrogens (tertiary/aromatic N) is 2. The molecule has 0 aliphatic carbocycles. The zero-order chi connectivity index (χ0) is 65.0. The normalized spacial score (nSPS) is 16.4. The molecule has 68 heavy (non-hydrogen) atoms. The first-order chi connectivity index (χ1) is 39.6. The summed E-state index contributed by atoms with van der Waals surface area (Å²) in [6.07, 6.45) is 3.41. The first-order valence-corrected chi connectivity index (χ1v) is 24.7. The molecule has 0 fully saturated rings. The van der Waals surface area contributed by atoms with Gasteiger partial charge in [0.1, 0.15) is 0 Å². The van der Waals surface area contributed by atoms with Crippen LogP contribution < -0.4 is 9.80 Å². The van der Waals surface area contributed by atoms with Crippen LogP contribution in [0.1, 0.15) is 219 Å². The second kappa shape index (κ2) is 19.9. The van der Waals surface area contributed by atoms with Gasteiger partial charge in [0.25, 0.3) is 0 Å². The zero-order valence-corrected chi connectivity index (χ0v) is 43.6. The summed E-state index contributed by atoms with van der Waals surface area (Å²) in [5.41, 5.74) is -4.76. The first kappa shape index (κ1) is 31.7. The summed E-state index contributed by atoms with van der Waals surface area (Å²) in [6, 6.07) is -2.83. The van der Waals surface area contributed by atoms with E-state index in [9.17, 15) is 24.7 Å². The van der Waals surface area contributed by atoms with E-state index in [-0.39, 0.29) is 68.6 Å². The molecule has 7 aromatic rings. The van der Waals surface area contributed by atoms with Gasteiger partial charge in [-0.3, -0.25) is 0 Å². The molecule has 0 saturated carbocycles. The fraction of sp³-hybridized carbons (Fsp3) is 0.424. The van der Waals surface area contributed by atoms with Gasteiger partial charge in [0.2, 0.25) is 0 Å². The molecular weight excluding hydrogens is 821 g/mol. The largest absolute Gasteiger partial charge is 0.309 e. The van der Waals surface area contributed by atoms with Crippen LogP contribution in [-0.2, 0) is 21.7 Å². The van der Waals surface area contributed by atoms with Crippen molar-refractivity contribution in [2.45, 2.75) is 183 Å². The van der Waals surface area contributed by atoms with E-state index in [1.54, 1.807) is 27.7 Å². The molecule has 0 spiro atoms. The van der Waals surface area contributed by atoms with Gasteiger partial charge in [-0.2, -0.15) is 0 Å². The van der Waals surface area contributed by atoms with Gasteiger partial charge >= 0.3 is 0 Å². The van der Waals surface area contributed by atoms with Gasteiger partial charge in [-0.1, -0.05) is 209 Å². The van der Waals surface area contributed by atoms with Crippen molar-refractivity contribution >= 4 is 55.7 Å². The van der Waals surface area contributed by atoms with Crippen LogP contribution in [0.5, 0.6) is 0 Å². The molecule has 0 aromatic heterocycles. The third-order valence-corrected chi connectivity index (χ3v) is 13.2. The minimum absolute atomic E-state index is 0.0277. The van der Waals surface area contributed by atoms with Gasteiger partial charge < -0.3 is 9.80 Å². The van der Waals surface area contributed by atoms with E-state index < -0.39 is 152 Å². The minimum Gasteiger partial charge on any atom is -0.309 e. The average molecular weight is 924 g/mol. The smallest absolute Gasteiger partial charge is 0.0645 e. The molecule has 0 atom stereocenters. The van der Waals surface area contributed by atoms with Crippen LogP contribution >= 0.6 is 0 Å². The van der Waals surface area contributed by atoms with Crippen LogP contribution in [0.4, 0.5) is 34.1 Å². The average Bonchev–Trinajstić information content (AvgIpc) is 0.725. The van der Waals surface area contributed by atoms with Gasteiger partial charge in [0.05, 0.1) is 36.0 Å². The Kier molecular flexibility index (Phi) is 9.30. The van der Waals surface area contributed by atoms with Crippen molar-refractivity contribution in [3.63, 3.8) is 0 Å². The quantitative estimate of drug-likeness (QED) is 0.0704. The molecule has 0 aliphatic heterocycles. The number of hydrogen-bond acceptors (Lipinski definition) is 2. The molecule has 0 amide bonds. The highest BCUT2D eigenvalue weighted by Crippen LogP contribution is 2.53. The van der Waals surface area contributed by atoms with E-state index in [1.807, 2.05) is 83.1 Å². The summed E-state index contributed by atoms with van der Waals surface area (Å²) in [6.45, 7) is 29.5. The third kappa shape index (κ3) is 10.6. The van der Waals surface area contributed by atoms with Gasteiger partial charge in [0.15, 0.2) is 0 Å². The standard InChI is InChI=1S/C66H84N2/c1-17-19-41-65(13,14)51-29-39-57-59(43-51)61(67(53-31-21-47(22-32-53)45(3)4)55-35-25-49(26-36-55)63(7,8)9)58-40-30-52(66(15,16)42-20-18-2)44-60(58)62(57)68(54-33-23-48(24-34-54)46(5)6)56-37-27-50(28-38-56)64(10,11)12/h21-40,43-46H,17-20,41-42H2,1-16H3/i21D,22D,23D,24D,29D,30D,31D,32D,33D,34D,35D,36D,37D,38D,39D,40D,43D,44D. The molecule has 7 rings (SSSR count). The Morgan fingerprint density at radius 1 is 0.397 bits per heavy atom. The van der Waals surface area contributed by atoms with Crippen LogP contribution in [0, 0.1) is 0 Å². The predicted molar refractivity (Wildman–Crippen MR) is 302 cm³/mol. The van der Waals surface area contributed by atoms with E-state index in [1.165, 1.54) is 24.3 Å². The molecule has 0 bridgehead atoms. The third-order valence-electron chi connectivity index (χ3n) is 13.2. The van der Waals surface area contributed by atoms with Gasteiger partial charge in [-0.05, 0) is 140 Å². The van der Waals surface area contributed by atoms with Gasteiger partial charge in [-0.25, -0.2) is 0 Å². The maximum Gasteiger partial charge on any atom is 0.0645 e. The summed E-state index contributed by atoms with van der Waals surface area (Å²) in [7, 11) is 0. The molecule has 2 heteroatoms. The highest BCUT2D eigenvalue weighted by atomic mass is 15.2. The van der Waals surface area contributed by atoms with E-state index in [2.05, 4.69) is 0 Å². The number of hydrogen-bond donors (Lipinski definition) is 0. The molecule has 358 valence electrons. The van der Waals surface area contributed by atoms with Crippen LogP contribution in [0.15, 0.2) is 133 Å². The maximum atomic E-state index is 10.9. The fourth-order valence-electron chi connectivity index (χ4n) is 8.36. The molecule has 0 N–H and O–H groups in total. The number of unbranched alkanes of at least 4 members (excludes halogenated alkanes) is 2. The van der Waals surface area contributed by atoms with Gasteiger partial charge in [-0.15, -0.1) is 0 Å². The minimum atomic E-state index is -1.09. The fourth-order valence-corrected chi connectivity index (χ4v) is 8.36. The first-order valence-electron chi connectivity index (χ1n) is 33.7. The number of fused-ring (bicyclic) bond motifs is 2. The van der Waals surface area contributed by atoms with Crippen molar-refractivity contribution < 1.29 is 24.7 Å². The lowest BCUT2D eigenvalue weighted by atomic mass is 9.78. The van der Waals surface area contributed by atoms with Crippen molar-refractivity contribution in [2.24, 2.45) is 0 Å². The Morgan fingerprint density at radius 3 is 0.985 bits per heavy atom. The molecule has 0 unspecified atom stereocenters. The Hall–Kier alpha value is -5.34. The Labute approximate surface area is 438 Å².